The minimum Gasteiger partial charge on any atom is -0.508 e. The summed E-state index contributed by atoms with van der Waals surface area (Å²) in [6, 6.07) is 27.2. The summed E-state index contributed by atoms with van der Waals surface area (Å²) < 4.78 is 5.65. The van der Waals surface area contributed by atoms with Gasteiger partial charge in [-0.2, -0.15) is 11.8 Å². The molecule has 4 aromatic carbocycles. The zero-order valence-electron chi connectivity index (χ0n) is 31.2. The maximum atomic E-state index is 13.4. The fourth-order valence-electron chi connectivity index (χ4n) is 6.46. The van der Waals surface area contributed by atoms with Crippen molar-refractivity contribution in [3.8, 4) is 16.9 Å². The highest BCUT2D eigenvalue weighted by molar-refractivity contribution is 7.98. The highest BCUT2D eigenvalue weighted by Crippen LogP contribution is 2.44. The number of alkyl carbamates (subject to hydrolysis) is 1. The van der Waals surface area contributed by atoms with Crippen molar-refractivity contribution in [2.45, 2.75) is 43.3 Å². The number of carboxylic acids is 1. The number of phenolic OH excluding ortho intramolecular Hbond substituents is 1. The first-order valence-corrected chi connectivity index (χ1v) is 19.7. The number of rotatable bonds is 19. The molecule has 5 rings (SSSR count). The van der Waals surface area contributed by atoms with E-state index in [0.29, 0.717) is 16.9 Å². The lowest BCUT2D eigenvalue weighted by molar-refractivity contribution is -0.142. The quantitative estimate of drug-likeness (QED) is 0.0737. The third kappa shape index (κ3) is 12.1. The lowest BCUT2D eigenvalue weighted by Crippen LogP contribution is -2.54. The summed E-state index contributed by atoms with van der Waals surface area (Å²) in [5, 5.41) is 31.9. The average molecular weight is 796 g/mol. The van der Waals surface area contributed by atoms with Crippen LogP contribution in [-0.2, 0) is 41.6 Å². The van der Waals surface area contributed by atoms with Crippen molar-refractivity contribution < 1.29 is 43.7 Å². The number of thioether (sulfide) groups is 1. The minimum atomic E-state index is -1.20. The van der Waals surface area contributed by atoms with Crippen LogP contribution < -0.4 is 26.6 Å². The molecule has 7 N–H and O–H groups in total. The molecule has 0 radical (unpaired) electrons. The van der Waals surface area contributed by atoms with Gasteiger partial charge in [-0.15, -0.1) is 0 Å². The molecule has 1 aliphatic carbocycles. The molecule has 0 aliphatic heterocycles. The second-order valence-corrected chi connectivity index (χ2v) is 14.4. The lowest BCUT2D eigenvalue weighted by atomic mass is 9.98. The van der Waals surface area contributed by atoms with Gasteiger partial charge in [0.05, 0.1) is 13.1 Å². The monoisotopic (exact) mass is 795 g/mol. The molecule has 0 bridgehead atoms. The Morgan fingerprint density at radius 3 is 1.82 bits per heavy atom. The van der Waals surface area contributed by atoms with Crippen LogP contribution in [0.15, 0.2) is 103 Å². The van der Waals surface area contributed by atoms with E-state index in [1.165, 1.54) is 23.9 Å². The van der Waals surface area contributed by atoms with Gasteiger partial charge in [0.15, 0.2) is 0 Å². The number of benzene rings is 4. The maximum absolute atomic E-state index is 13.4. The van der Waals surface area contributed by atoms with Crippen LogP contribution in [0.4, 0.5) is 4.79 Å². The van der Waals surface area contributed by atoms with E-state index in [1.807, 2.05) is 54.8 Å². The predicted octanol–water partition coefficient (Wildman–Crippen LogP) is 3.12. The van der Waals surface area contributed by atoms with Crippen LogP contribution in [-0.4, -0.2) is 95.7 Å². The van der Waals surface area contributed by atoms with Gasteiger partial charge in [0.25, 0.3) is 0 Å². The molecular formula is C42H45N5O9S. The Labute approximate surface area is 334 Å². The number of nitrogens with one attached hydrogen (secondary N) is 5. The van der Waals surface area contributed by atoms with Crippen LogP contribution in [0, 0.1) is 0 Å². The third-order valence-electron chi connectivity index (χ3n) is 9.36. The normalized spacial score (nSPS) is 13.1. The number of fused-ring (bicyclic) bond motifs is 3. The fraction of sp³-hybridized carbons (Fsp3) is 0.286. The smallest absolute Gasteiger partial charge is 0.407 e. The minimum absolute atomic E-state index is 0.00518. The number of ether oxygens (including phenoxy) is 1. The molecule has 0 saturated carbocycles. The molecule has 5 amide bonds. The van der Waals surface area contributed by atoms with Crippen LogP contribution in [0.3, 0.4) is 0 Å². The van der Waals surface area contributed by atoms with Crippen molar-refractivity contribution in [2.24, 2.45) is 0 Å². The van der Waals surface area contributed by atoms with E-state index in [9.17, 15) is 39.0 Å². The molecule has 0 aromatic heterocycles. The van der Waals surface area contributed by atoms with E-state index < -0.39 is 66.9 Å². The van der Waals surface area contributed by atoms with Gasteiger partial charge < -0.3 is 41.5 Å². The Kier molecular flexibility index (Phi) is 15.1. The number of hydrogen-bond acceptors (Lipinski definition) is 9. The molecular weight excluding hydrogens is 751 g/mol. The summed E-state index contributed by atoms with van der Waals surface area (Å²) in [5.74, 6) is -3.73. The predicted molar refractivity (Wildman–Crippen MR) is 214 cm³/mol. The molecule has 0 fully saturated rings. The summed E-state index contributed by atoms with van der Waals surface area (Å²) in [7, 11) is 0. The largest absolute Gasteiger partial charge is 0.508 e. The molecule has 0 heterocycles. The molecule has 4 aromatic rings. The number of carboxylic acid groups (broad SMARTS) is 1. The Morgan fingerprint density at radius 1 is 0.649 bits per heavy atom. The van der Waals surface area contributed by atoms with Crippen molar-refractivity contribution in [3.63, 3.8) is 0 Å². The SMILES string of the molecule is CSCC[C@H](NC(=O)[C@H](Cc1ccccc1)NC(=O)CNC(=O)CNC(=O)[C@H](Cc1ccc(O)cc1)NC(=O)OCC1c2ccccc2-c2ccccc21)C(=O)O. The first-order valence-electron chi connectivity index (χ1n) is 18.3. The van der Waals surface area contributed by atoms with Gasteiger partial charge in [0.1, 0.15) is 30.5 Å². The zero-order valence-corrected chi connectivity index (χ0v) is 32.1. The third-order valence-corrected chi connectivity index (χ3v) is 10.0. The topological polar surface area (TPSA) is 212 Å². The number of phenols is 1. The molecule has 1 aliphatic rings. The maximum Gasteiger partial charge on any atom is 0.407 e. The van der Waals surface area contributed by atoms with Gasteiger partial charge in [0.2, 0.25) is 23.6 Å². The van der Waals surface area contributed by atoms with Crippen molar-refractivity contribution >= 4 is 47.5 Å². The van der Waals surface area contributed by atoms with Crippen molar-refractivity contribution in [3.05, 3.63) is 125 Å². The molecule has 14 nitrogen and oxygen atoms in total. The fourth-order valence-corrected chi connectivity index (χ4v) is 6.93. The molecule has 3 atom stereocenters. The van der Waals surface area contributed by atoms with Crippen LogP contribution in [0.5, 0.6) is 5.75 Å². The Bertz CT molecular complexity index is 2000. The number of carbonyl (C=O) groups excluding carboxylic acids is 5. The standard InChI is InChI=1S/C42H45N5O9S/c1-57-20-19-34(41(53)54)46-40(52)36(21-26-9-3-2-4-10-26)45-38(50)24-43-37(49)23-44-39(51)35(22-27-15-17-28(48)18-16-27)47-42(55)56-25-33-31-13-7-5-11-29(31)30-12-6-8-14-32(30)33/h2-18,33-36,48H,19-25H2,1H3,(H,43,49)(H,44,51)(H,45,50)(H,46,52)(H,47,55)(H,53,54)/t34-,35-,36-/m0/s1. The van der Waals surface area contributed by atoms with Crippen LogP contribution in [0.1, 0.15) is 34.6 Å². The van der Waals surface area contributed by atoms with Gasteiger partial charge in [0, 0.05) is 18.8 Å². The Hall–Kier alpha value is -6.35. The first-order chi connectivity index (χ1) is 27.5. The van der Waals surface area contributed by atoms with E-state index in [0.717, 1.165) is 22.3 Å². The van der Waals surface area contributed by atoms with Gasteiger partial charge in [-0.05, 0) is 63.9 Å². The Morgan fingerprint density at radius 2 is 1.21 bits per heavy atom. The molecule has 0 saturated heterocycles. The van der Waals surface area contributed by atoms with E-state index >= 15 is 0 Å². The van der Waals surface area contributed by atoms with Gasteiger partial charge >= 0.3 is 12.1 Å². The highest BCUT2D eigenvalue weighted by atomic mass is 32.2. The number of amides is 5. The van der Waals surface area contributed by atoms with E-state index in [4.69, 9.17) is 4.74 Å². The van der Waals surface area contributed by atoms with Crippen LogP contribution in [0.2, 0.25) is 0 Å². The van der Waals surface area contributed by atoms with E-state index in [1.54, 1.807) is 42.5 Å². The summed E-state index contributed by atoms with van der Waals surface area (Å²) in [5.41, 5.74) is 5.49. The van der Waals surface area contributed by atoms with Gasteiger partial charge in [-0.1, -0.05) is 91.0 Å². The van der Waals surface area contributed by atoms with Crippen LogP contribution in [0.25, 0.3) is 11.1 Å². The summed E-state index contributed by atoms with van der Waals surface area (Å²) >= 11 is 1.43. The van der Waals surface area contributed by atoms with E-state index in [2.05, 4.69) is 26.6 Å². The number of aromatic hydroxyl groups is 1. The second-order valence-electron chi connectivity index (χ2n) is 13.4. The van der Waals surface area contributed by atoms with Crippen molar-refractivity contribution in [2.75, 3.05) is 31.7 Å². The molecule has 298 valence electrons. The van der Waals surface area contributed by atoms with Gasteiger partial charge in [-0.3, -0.25) is 19.2 Å². The lowest BCUT2D eigenvalue weighted by Gasteiger charge is -2.22. The van der Waals surface area contributed by atoms with E-state index in [-0.39, 0.29) is 37.5 Å². The highest BCUT2D eigenvalue weighted by Gasteiger charge is 2.31. The van der Waals surface area contributed by atoms with Crippen LogP contribution >= 0.6 is 11.8 Å². The number of carbonyl (C=O) groups is 6. The average Bonchev–Trinajstić information content (AvgIpc) is 3.53. The number of hydrogen-bond donors (Lipinski definition) is 7. The molecule has 0 spiro atoms. The summed E-state index contributed by atoms with van der Waals surface area (Å²) in [4.78, 5) is 77.2. The second kappa shape index (κ2) is 20.5. The molecule has 57 heavy (non-hydrogen) atoms. The molecule has 0 unspecified atom stereocenters. The van der Waals surface area contributed by atoms with Crippen molar-refractivity contribution in [1.29, 1.82) is 0 Å². The zero-order chi connectivity index (χ0) is 40.7. The number of aliphatic carboxylic acids is 1. The summed E-state index contributed by atoms with van der Waals surface area (Å²) in [6.45, 7) is -1.07. The van der Waals surface area contributed by atoms with Gasteiger partial charge in [-0.25, -0.2) is 9.59 Å². The Balaban J connectivity index is 1.16. The van der Waals surface area contributed by atoms with Crippen molar-refractivity contribution in [1.82, 2.24) is 26.6 Å². The summed E-state index contributed by atoms with van der Waals surface area (Å²) in [6.07, 6.45) is 1.23. The first kappa shape index (κ1) is 41.8. The molecule has 15 heteroatoms.